The van der Waals surface area contributed by atoms with E-state index in [9.17, 15) is 14.4 Å². The fraction of sp³-hybridized carbons (Fsp3) is 0.591. The molecule has 0 aromatic heterocycles. The number of nitrogens with one attached hydrogen (secondary N) is 2. The molecule has 0 radical (unpaired) electrons. The maximum atomic E-state index is 13.0. The van der Waals surface area contributed by atoms with Crippen molar-refractivity contribution in [2.24, 2.45) is 11.8 Å². The van der Waals surface area contributed by atoms with Crippen LogP contribution in [-0.2, 0) is 21.5 Å². The second-order valence-corrected chi connectivity index (χ2v) is 8.66. The van der Waals surface area contributed by atoms with Crippen LogP contribution in [0.4, 0.5) is 4.79 Å². The van der Waals surface area contributed by atoms with Crippen LogP contribution in [0.5, 0.6) is 0 Å². The molecule has 150 valence electrons. The Kier molecular flexibility index (Phi) is 4.89. The van der Waals surface area contributed by atoms with Gasteiger partial charge in [0.1, 0.15) is 12.1 Å². The standard InChI is InChI=1S/C22H29N3O3/c1-3-4-14-5-11-17(12-6-14)22(2)20(27)25(21(28)24-22)13-18(26)23-19(15-7-8-15)16-9-10-16/h5-6,11-12,15-16,19H,3-4,7-10,13H2,1-2H3,(H,23,26)(H,24,28). The Balaban J connectivity index is 1.43. The van der Waals surface area contributed by atoms with Crippen LogP contribution < -0.4 is 10.6 Å². The maximum Gasteiger partial charge on any atom is 0.325 e. The van der Waals surface area contributed by atoms with E-state index in [0.717, 1.165) is 49.0 Å². The van der Waals surface area contributed by atoms with Crippen molar-refractivity contribution in [2.75, 3.05) is 6.54 Å². The van der Waals surface area contributed by atoms with Crippen LogP contribution in [0.2, 0.25) is 0 Å². The third-order valence-corrected chi connectivity index (χ3v) is 6.23. The summed E-state index contributed by atoms with van der Waals surface area (Å²) in [6, 6.07) is 7.48. The molecular formula is C22H29N3O3. The Labute approximate surface area is 166 Å². The van der Waals surface area contributed by atoms with Gasteiger partial charge in [-0.25, -0.2) is 4.79 Å². The molecule has 1 aromatic carbocycles. The van der Waals surface area contributed by atoms with Gasteiger partial charge in [0.2, 0.25) is 5.91 Å². The number of aryl methyl sites for hydroxylation is 1. The summed E-state index contributed by atoms with van der Waals surface area (Å²) in [6.07, 6.45) is 6.69. The highest BCUT2D eigenvalue weighted by Crippen LogP contribution is 2.44. The molecule has 6 heteroatoms. The number of hydrogen-bond donors (Lipinski definition) is 2. The van der Waals surface area contributed by atoms with Gasteiger partial charge >= 0.3 is 6.03 Å². The van der Waals surface area contributed by atoms with Gasteiger partial charge in [-0.2, -0.15) is 0 Å². The molecule has 1 heterocycles. The first-order chi connectivity index (χ1) is 13.4. The van der Waals surface area contributed by atoms with E-state index in [1.165, 1.54) is 5.56 Å². The van der Waals surface area contributed by atoms with Crippen LogP contribution in [0.3, 0.4) is 0 Å². The summed E-state index contributed by atoms with van der Waals surface area (Å²) in [7, 11) is 0. The Morgan fingerprint density at radius 3 is 2.32 bits per heavy atom. The zero-order chi connectivity index (χ0) is 19.9. The van der Waals surface area contributed by atoms with E-state index >= 15 is 0 Å². The Morgan fingerprint density at radius 1 is 1.18 bits per heavy atom. The second-order valence-electron chi connectivity index (χ2n) is 8.66. The van der Waals surface area contributed by atoms with Crippen molar-refractivity contribution < 1.29 is 14.4 Å². The lowest BCUT2D eigenvalue weighted by Gasteiger charge is -2.23. The van der Waals surface area contributed by atoms with E-state index in [-0.39, 0.29) is 24.4 Å². The average Bonchev–Trinajstić information content (AvgIpc) is 3.57. The molecule has 1 atom stereocenters. The fourth-order valence-electron chi connectivity index (χ4n) is 4.24. The number of hydrogen-bond acceptors (Lipinski definition) is 3. The van der Waals surface area contributed by atoms with Crippen molar-refractivity contribution in [3.05, 3.63) is 35.4 Å². The van der Waals surface area contributed by atoms with Crippen LogP contribution in [-0.4, -0.2) is 35.3 Å². The topological polar surface area (TPSA) is 78.5 Å². The highest BCUT2D eigenvalue weighted by atomic mass is 16.2. The van der Waals surface area contributed by atoms with Gasteiger partial charge in [-0.3, -0.25) is 14.5 Å². The maximum absolute atomic E-state index is 13.0. The number of carbonyl (C=O) groups is 3. The highest BCUT2D eigenvalue weighted by molar-refractivity contribution is 6.09. The molecule has 2 N–H and O–H groups in total. The minimum atomic E-state index is -1.13. The molecule has 1 aliphatic heterocycles. The van der Waals surface area contributed by atoms with Gasteiger partial charge in [0.05, 0.1) is 0 Å². The summed E-state index contributed by atoms with van der Waals surface area (Å²) in [5, 5.41) is 5.87. The Hall–Kier alpha value is -2.37. The largest absolute Gasteiger partial charge is 0.351 e. The van der Waals surface area contributed by atoms with Gasteiger partial charge in [-0.1, -0.05) is 37.6 Å². The SMILES string of the molecule is CCCc1ccc(C2(C)NC(=O)N(CC(=O)NC(C3CC3)C3CC3)C2=O)cc1. The summed E-state index contributed by atoms with van der Waals surface area (Å²) in [4.78, 5) is 39.1. The summed E-state index contributed by atoms with van der Waals surface area (Å²) < 4.78 is 0. The molecule has 1 unspecified atom stereocenters. The van der Waals surface area contributed by atoms with Crippen molar-refractivity contribution in [2.45, 2.75) is 64.0 Å². The predicted octanol–water partition coefficient (Wildman–Crippen LogP) is 2.71. The molecule has 1 aromatic rings. The zero-order valence-electron chi connectivity index (χ0n) is 16.7. The van der Waals surface area contributed by atoms with Crippen LogP contribution in [0.1, 0.15) is 57.1 Å². The monoisotopic (exact) mass is 383 g/mol. The van der Waals surface area contributed by atoms with Crippen molar-refractivity contribution in [3.8, 4) is 0 Å². The molecular weight excluding hydrogens is 354 g/mol. The smallest absolute Gasteiger partial charge is 0.325 e. The van der Waals surface area contributed by atoms with Gasteiger partial charge in [0.25, 0.3) is 5.91 Å². The minimum absolute atomic E-state index is 0.214. The van der Waals surface area contributed by atoms with Crippen LogP contribution in [0, 0.1) is 11.8 Å². The molecule has 4 amide bonds. The van der Waals surface area contributed by atoms with Crippen LogP contribution >= 0.6 is 0 Å². The number of carbonyl (C=O) groups excluding carboxylic acids is 3. The molecule has 4 rings (SSSR count). The first-order valence-corrected chi connectivity index (χ1v) is 10.4. The highest BCUT2D eigenvalue weighted by Gasteiger charge is 2.50. The zero-order valence-corrected chi connectivity index (χ0v) is 16.7. The lowest BCUT2D eigenvalue weighted by Crippen LogP contribution is -2.46. The Bertz CT molecular complexity index is 771. The molecule has 2 saturated carbocycles. The molecule has 28 heavy (non-hydrogen) atoms. The third kappa shape index (κ3) is 3.64. The number of imide groups is 1. The second kappa shape index (κ2) is 7.22. The lowest BCUT2D eigenvalue weighted by atomic mass is 9.91. The van der Waals surface area contributed by atoms with Crippen LogP contribution in [0.25, 0.3) is 0 Å². The van der Waals surface area contributed by atoms with Crippen molar-refractivity contribution >= 4 is 17.8 Å². The summed E-state index contributed by atoms with van der Waals surface area (Å²) in [5.74, 6) is 0.540. The molecule has 2 aliphatic carbocycles. The van der Waals surface area contributed by atoms with E-state index in [1.54, 1.807) is 6.92 Å². The normalized spacial score (nSPS) is 24.6. The van der Waals surface area contributed by atoms with Gasteiger partial charge in [0.15, 0.2) is 0 Å². The quantitative estimate of drug-likeness (QED) is 0.678. The van der Waals surface area contributed by atoms with E-state index in [4.69, 9.17) is 0 Å². The summed E-state index contributed by atoms with van der Waals surface area (Å²) in [5.41, 5.74) is 0.811. The number of benzene rings is 1. The number of urea groups is 1. The van der Waals surface area contributed by atoms with Crippen molar-refractivity contribution in [1.29, 1.82) is 0 Å². The van der Waals surface area contributed by atoms with E-state index in [1.807, 2.05) is 24.3 Å². The molecule has 6 nitrogen and oxygen atoms in total. The number of amides is 4. The van der Waals surface area contributed by atoms with E-state index in [0.29, 0.717) is 11.8 Å². The summed E-state index contributed by atoms with van der Waals surface area (Å²) >= 11 is 0. The van der Waals surface area contributed by atoms with Crippen LogP contribution in [0.15, 0.2) is 24.3 Å². The molecule has 3 aliphatic rings. The fourth-order valence-corrected chi connectivity index (χ4v) is 4.24. The number of nitrogens with zero attached hydrogens (tertiary/aromatic N) is 1. The molecule has 3 fully saturated rings. The van der Waals surface area contributed by atoms with Gasteiger partial charge in [0, 0.05) is 6.04 Å². The first-order valence-electron chi connectivity index (χ1n) is 10.4. The van der Waals surface area contributed by atoms with E-state index < -0.39 is 11.6 Å². The molecule has 1 saturated heterocycles. The van der Waals surface area contributed by atoms with Gasteiger partial charge in [-0.15, -0.1) is 0 Å². The predicted molar refractivity (Wildman–Crippen MR) is 105 cm³/mol. The van der Waals surface area contributed by atoms with Gasteiger partial charge in [-0.05, 0) is 62.0 Å². The first kappa shape index (κ1) is 19.0. The lowest BCUT2D eigenvalue weighted by molar-refractivity contribution is -0.135. The third-order valence-electron chi connectivity index (χ3n) is 6.23. The summed E-state index contributed by atoms with van der Waals surface area (Å²) in [6.45, 7) is 3.61. The van der Waals surface area contributed by atoms with Crippen molar-refractivity contribution in [1.82, 2.24) is 15.5 Å². The molecule has 0 spiro atoms. The average molecular weight is 383 g/mol. The van der Waals surface area contributed by atoms with E-state index in [2.05, 4.69) is 17.6 Å². The van der Waals surface area contributed by atoms with Gasteiger partial charge < -0.3 is 10.6 Å². The van der Waals surface area contributed by atoms with Crippen molar-refractivity contribution in [3.63, 3.8) is 0 Å². The number of rotatable bonds is 8. The minimum Gasteiger partial charge on any atom is -0.351 e. The molecule has 0 bridgehead atoms. The Morgan fingerprint density at radius 2 is 1.79 bits per heavy atom.